The lowest BCUT2D eigenvalue weighted by molar-refractivity contribution is -0.149. The molecule has 27 heavy (non-hydrogen) atoms. The van der Waals surface area contributed by atoms with Gasteiger partial charge in [0.25, 0.3) is 5.91 Å². The maximum atomic E-state index is 11.9. The summed E-state index contributed by atoms with van der Waals surface area (Å²) in [4.78, 5) is 27.9. The van der Waals surface area contributed by atoms with Crippen LogP contribution in [0.3, 0.4) is 0 Å². The van der Waals surface area contributed by atoms with E-state index in [-0.39, 0.29) is 11.5 Å². The number of carbonyl (C=O) groups excluding carboxylic acids is 2. The van der Waals surface area contributed by atoms with Gasteiger partial charge in [-0.2, -0.15) is 0 Å². The predicted molar refractivity (Wildman–Crippen MR) is 101 cm³/mol. The standard InChI is InChI=1S/C19H16N2O5S/c22-15-8-4-5-9-16(15)25-11-18(24)26-10-17(23)21-19-20-14(12-27-19)13-6-2-1-3-7-13/h1-9,12,22H,10-11H2,(H,20,21,23). The normalized spacial score (nSPS) is 10.2. The third-order valence-corrected chi connectivity index (χ3v) is 4.15. The minimum atomic E-state index is -0.725. The minimum absolute atomic E-state index is 0.0824. The molecule has 0 unspecified atom stereocenters. The van der Waals surface area contributed by atoms with E-state index in [4.69, 9.17) is 9.47 Å². The molecule has 0 spiro atoms. The fourth-order valence-electron chi connectivity index (χ4n) is 2.13. The zero-order valence-electron chi connectivity index (χ0n) is 14.1. The van der Waals surface area contributed by atoms with Gasteiger partial charge in [-0.15, -0.1) is 11.3 Å². The molecule has 0 radical (unpaired) electrons. The van der Waals surface area contributed by atoms with E-state index in [9.17, 15) is 14.7 Å². The van der Waals surface area contributed by atoms with Crippen LogP contribution in [0.4, 0.5) is 5.13 Å². The predicted octanol–water partition coefficient (Wildman–Crippen LogP) is 3.08. The van der Waals surface area contributed by atoms with Gasteiger partial charge >= 0.3 is 5.97 Å². The second-order valence-corrected chi connectivity index (χ2v) is 6.23. The summed E-state index contributed by atoms with van der Waals surface area (Å²) >= 11 is 1.28. The average Bonchev–Trinajstić information content (AvgIpc) is 3.15. The number of benzene rings is 2. The molecule has 0 saturated carbocycles. The molecule has 0 fully saturated rings. The summed E-state index contributed by atoms with van der Waals surface area (Å²) in [6, 6.07) is 15.8. The largest absolute Gasteiger partial charge is 0.504 e. The topological polar surface area (TPSA) is 97.8 Å². The van der Waals surface area contributed by atoms with Gasteiger partial charge in [-0.3, -0.25) is 10.1 Å². The minimum Gasteiger partial charge on any atom is -0.504 e. The average molecular weight is 384 g/mol. The molecule has 7 nitrogen and oxygen atoms in total. The van der Waals surface area contributed by atoms with Crippen molar-refractivity contribution < 1.29 is 24.2 Å². The number of hydrogen-bond acceptors (Lipinski definition) is 7. The molecule has 2 N–H and O–H groups in total. The first-order valence-electron chi connectivity index (χ1n) is 7.99. The second-order valence-electron chi connectivity index (χ2n) is 5.37. The first-order valence-corrected chi connectivity index (χ1v) is 8.87. The molecule has 3 rings (SSSR count). The molecule has 138 valence electrons. The number of rotatable bonds is 7. The van der Waals surface area contributed by atoms with Crippen LogP contribution in [0.15, 0.2) is 60.0 Å². The SMILES string of the molecule is O=C(COC(=O)COc1ccccc1O)Nc1nc(-c2ccccc2)cs1. The van der Waals surface area contributed by atoms with Crippen molar-refractivity contribution in [3.05, 3.63) is 60.0 Å². The number of ether oxygens (including phenoxy) is 2. The van der Waals surface area contributed by atoms with E-state index in [0.29, 0.717) is 5.13 Å². The Balaban J connectivity index is 1.44. The lowest BCUT2D eigenvalue weighted by Gasteiger charge is -2.07. The number of para-hydroxylation sites is 2. The molecular formula is C19H16N2O5S. The van der Waals surface area contributed by atoms with Gasteiger partial charge in [0.2, 0.25) is 0 Å². The summed E-state index contributed by atoms with van der Waals surface area (Å²) in [6.45, 7) is -0.872. The second kappa shape index (κ2) is 8.81. The van der Waals surface area contributed by atoms with Gasteiger partial charge in [-0.25, -0.2) is 9.78 Å². The fraction of sp³-hybridized carbons (Fsp3) is 0.105. The van der Waals surface area contributed by atoms with Gasteiger partial charge in [0, 0.05) is 10.9 Å². The van der Waals surface area contributed by atoms with Crippen molar-refractivity contribution in [1.29, 1.82) is 0 Å². The summed E-state index contributed by atoms with van der Waals surface area (Å²) in [6.07, 6.45) is 0. The van der Waals surface area contributed by atoms with Crippen molar-refractivity contribution in [1.82, 2.24) is 4.98 Å². The smallest absolute Gasteiger partial charge is 0.344 e. The quantitative estimate of drug-likeness (QED) is 0.608. The number of esters is 1. The van der Waals surface area contributed by atoms with E-state index in [0.717, 1.165) is 11.3 Å². The van der Waals surface area contributed by atoms with Crippen LogP contribution in [0.2, 0.25) is 0 Å². The Morgan fingerprint density at radius 2 is 1.78 bits per heavy atom. The van der Waals surface area contributed by atoms with E-state index < -0.39 is 25.1 Å². The summed E-state index contributed by atoms with van der Waals surface area (Å²) in [5.74, 6) is -1.14. The van der Waals surface area contributed by atoms with E-state index in [1.165, 1.54) is 23.5 Å². The maximum absolute atomic E-state index is 11.9. The van der Waals surface area contributed by atoms with Crippen LogP contribution in [-0.2, 0) is 14.3 Å². The van der Waals surface area contributed by atoms with Gasteiger partial charge < -0.3 is 14.6 Å². The van der Waals surface area contributed by atoms with Crippen LogP contribution in [-0.4, -0.2) is 35.2 Å². The van der Waals surface area contributed by atoms with Gasteiger partial charge in [0.05, 0.1) is 5.69 Å². The molecule has 0 saturated heterocycles. The number of nitrogens with zero attached hydrogens (tertiary/aromatic N) is 1. The Bertz CT molecular complexity index is 927. The van der Waals surface area contributed by atoms with Crippen LogP contribution in [0.25, 0.3) is 11.3 Å². The zero-order valence-corrected chi connectivity index (χ0v) is 14.9. The van der Waals surface area contributed by atoms with Crippen molar-refractivity contribution in [3.8, 4) is 22.8 Å². The van der Waals surface area contributed by atoms with Crippen molar-refractivity contribution in [2.45, 2.75) is 0 Å². The number of anilines is 1. The number of nitrogens with one attached hydrogen (secondary N) is 1. The van der Waals surface area contributed by atoms with Crippen LogP contribution in [0.5, 0.6) is 11.5 Å². The highest BCUT2D eigenvalue weighted by molar-refractivity contribution is 7.14. The highest BCUT2D eigenvalue weighted by Crippen LogP contribution is 2.25. The molecule has 0 aliphatic carbocycles. The van der Waals surface area contributed by atoms with E-state index in [1.807, 2.05) is 35.7 Å². The molecule has 1 amide bonds. The highest BCUT2D eigenvalue weighted by atomic mass is 32.1. The number of aromatic nitrogens is 1. The molecular weight excluding hydrogens is 368 g/mol. The molecule has 0 atom stereocenters. The number of thiazole rings is 1. The lowest BCUT2D eigenvalue weighted by atomic mass is 10.2. The van der Waals surface area contributed by atoms with Crippen LogP contribution in [0.1, 0.15) is 0 Å². The first kappa shape index (κ1) is 18.4. The molecule has 0 aliphatic heterocycles. The molecule has 0 bridgehead atoms. The summed E-state index contributed by atoms with van der Waals surface area (Å²) in [7, 11) is 0. The number of phenolic OH excluding ortho intramolecular Hbond substituents is 1. The van der Waals surface area contributed by atoms with E-state index in [1.54, 1.807) is 12.1 Å². The van der Waals surface area contributed by atoms with Crippen molar-refractivity contribution in [2.24, 2.45) is 0 Å². The van der Waals surface area contributed by atoms with Gasteiger partial charge in [-0.05, 0) is 12.1 Å². The number of hydrogen-bond donors (Lipinski definition) is 2. The fourth-order valence-corrected chi connectivity index (χ4v) is 2.87. The summed E-state index contributed by atoms with van der Waals surface area (Å²) in [5.41, 5.74) is 1.70. The molecule has 2 aromatic carbocycles. The van der Waals surface area contributed by atoms with Crippen LogP contribution in [0, 0.1) is 0 Å². The number of aromatic hydroxyl groups is 1. The Morgan fingerprint density at radius 3 is 2.56 bits per heavy atom. The molecule has 1 aromatic heterocycles. The van der Waals surface area contributed by atoms with Crippen molar-refractivity contribution in [2.75, 3.05) is 18.5 Å². The van der Waals surface area contributed by atoms with Crippen molar-refractivity contribution >= 4 is 28.3 Å². The summed E-state index contributed by atoms with van der Waals surface area (Å²) < 4.78 is 9.98. The number of amides is 1. The Hall–Kier alpha value is -3.39. The Kier molecular flexibility index (Phi) is 6.01. The Labute approximate surface area is 159 Å². The van der Waals surface area contributed by atoms with Crippen molar-refractivity contribution in [3.63, 3.8) is 0 Å². The zero-order chi connectivity index (χ0) is 19.1. The molecule has 3 aromatic rings. The summed E-state index contributed by atoms with van der Waals surface area (Å²) in [5, 5.41) is 14.4. The first-order chi connectivity index (χ1) is 13.1. The van der Waals surface area contributed by atoms with Gasteiger partial charge in [-0.1, -0.05) is 42.5 Å². The monoisotopic (exact) mass is 384 g/mol. The highest BCUT2D eigenvalue weighted by Gasteiger charge is 2.12. The number of carbonyl (C=O) groups is 2. The molecule has 0 aliphatic rings. The van der Waals surface area contributed by atoms with E-state index in [2.05, 4.69) is 10.3 Å². The molecule has 8 heteroatoms. The van der Waals surface area contributed by atoms with E-state index >= 15 is 0 Å². The molecule has 1 heterocycles. The number of phenols is 1. The third-order valence-electron chi connectivity index (χ3n) is 3.40. The Morgan fingerprint density at radius 1 is 1.04 bits per heavy atom. The maximum Gasteiger partial charge on any atom is 0.344 e. The third kappa shape index (κ3) is 5.29. The van der Waals surface area contributed by atoms with Gasteiger partial charge in [0.1, 0.15) is 0 Å². The lowest BCUT2D eigenvalue weighted by Crippen LogP contribution is -2.23. The van der Waals surface area contributed by atoms with Crippen LogP contribution < -0.4 is 10.1 Å². The van der Waals surface area contributed by atoms with Gasteiger partial charge in [0.15, 0.2) is 29.8 Å². The van der Waals surface area contributed by atoms with Crippen LogP contribution >= 0.6 is 11.3 Å².